The molecule has 0 radical (unpaired) electrons. The van der Waals surface area contributed by atoms with Crippen molar-refractivity contribution in [3.8, 4) is 5.75 Å². The molecular formula is C24H25N3O4. The molecule has 0 aliphatic carbocycles. The molecule has 0 unspecified atom stereocenters. The van der Waals surface area contributed by atoms with E-state index in [1.165, 1.54) is 6.07 Å². The quantitative estimate of drug-likeness (QED) is 0.610. The normalized spacial score (nSPS) is 10.4. The van der Waals surface area contributed by atoms with E-state index in [-0.39, 0.29) is 30.3 Å². The Morgan fingerprint density at radius 1 is 0.968 bits per heavy atom. The van der Waals surface area contributed by atoms with Gasteiger partial charge in [-0.3, -0.25) is 14.4 Å². The predicted molar refractivity (Wildman–Crippen MR) is 121 cm³/mol. The second kappa shape index (κ2) is 9.75. The third-order valence-electron chi connectivity index (χ3n) is 4.95. The number of pyridine rings is 1. The minimum Gasteiger partial charge on any atom is -0.497 e. The molecule has 0 fully saturated rings. The molecule has 7 heteroatoms. The highest BCUT2D eigenvalue weighted by atomic mass is 16.5. The third-order valence-corrected chi connectivity index (χ3v) is 4.95. The molecule has 2 N–H and O–H groups in total. The first kappa shape index (κ1) is 21.8. The summed E-state index contributed by atoms with van der Waals surface area (Å²) < 4.78 is 6.67. The first-order valence-corrected chi connectivity index (χ1v) is 9.90. The fraction of sp³-hybridized carbons (Fsp3) is 0.208. The Balaban J connectivity index is 1.66. The Kier molecular flexibility index (Phi) is 6.87. The van der Waals surface area contributed by atoms with Crippen LogP contribution in [0.25, 0.3) is 0 Å². The van der Waals surface area contributed by atoms with E-state index < -0.39 is 0 Å². The average Bonchev–Trinajstić information content (AvgIpc) is 2.75. The molecular weight excluding hydrogens is 394 g/mol. The van der Waals surface area contributed by atoms with Gasteiger partial charge in [-0.2, -0.15) is 0 Å². The van der Waals surface area contributed by atoms with Crippen LogP contribution >= 0.6 is 0 Å². The molecule has 0 spiro atoms. The Morgan fingerprint density at radius 3 is 2.39 bits per heavy atom. The molecule has 2 amide bonds. The van der Waals surface area contributed by atoms with E-state index in [4.69, 9.17) is 4.74 Å². The van der Waals surface area contributed by atoms with Gasteiger partial charge >= 0.3 is 0 Å². The highest BCUT2D eigenvalue weighted by Gasteiger charge is 2.12. The number of benzene rings is 2. The number of aryl methyl sites for hydroxylation is 2. The van der Waals surface area contributed by atoms with Crippen molar-refractivity contribution >= 4 is 23.2 Å². The number of ether oxygens (including phenoxy) is 1. The average molecular weight is 419 g/mol. The van der Waals surface area contributed by atoms with E-state index in [1.807, 2.05) is 19.9 Å². The van der Waals surface area contributed by atoms with Crippen molar-refractivity contribution in [3.63, 3.8) is 0 Å². The van der Waals surface area contributed by atoms with Crippen molar-refractivity contribution in [2.24, 2.45) is 0 Å². The summed E-state index contributed by atoms with van der Waals surface area (Å²) in [6, 6.07) is 17.1. The lowest BCUT2D eigenvalue weighted by atomic mass is 10.1. The minimum atomic E-state index is -0.285. The zero-order valence-electron chi connectivity index (χ0n) is 17.8. The standard InChI is InChI=1S/C24H25N3O4/c1-16-7-8-18(24(30)25-19-9-11-20(31-3)12-10-19)15-21(16)26-22(28)13-14-27-17(2)5-4-6-23(27)29/h4-12,15H,13-14H2,1-3H3,(H,25,30)(H,26,28). The number of aromatic nitrogens is 1. The molecule has 1 heterocycles. The molecule has 0 bridgehead atoms. The fourth-order valence-electron chi connectivity index (χ4n) is 3.11. The molecule has 160 valence electrons. The second-order valence-corrected chi connectivity index (χ2v) is 7.17. The summed E-state index contributed by atoms with van der Waals surface area (Å²) in [4.78, 5) is 37.0. The van der Waals surface area contributed by atoms with E-state index in [2.05, 4.69) is 10.6 Å². The lowest BCUT2D eigenvalue weighted by Gasteiger charge is -2.12. The number of methoxy groups -OCH3 is 1. The number of carbonyl (C=O) groups excluding carboxylic acids is 2. The summed E-state index contributed by atoms with van der Waals surface area (Å²) in [7, 11) is 1.58. The van der Waals surface area contributed by atoms with Gasteiger partial charge in [0.05, 0.1) is 7.11 Å². The molecule has 0 saturated heterocycles. The smallest absolute Gasteiger partial charge is 0.255 e. The topological polar surface area (TPSA) is 89.4 Å². The van der Waals surface area contributed by atoms with Gasteiger partial charge in [-0.25, -0.2) is 0 Å². The zero-order chi connectivity index (χ0) is 22.4. The zero-order valence-corrected chi connectivity index (χ0v) is 17.8. The van der Waals surface area contributed by atoms with Crippen LogP contribution in [0.5, 0.6) is 5.75 Å². The van der Waals surface area contributed by atoms with Crippen molar-refractivity contribution in [3.05, 3.63) is 87.8 Å². The Hall–Kier alpha value is -3.87. The number of nitrogens with zero attached hydrogens (tertiary/aromatic N) is 1. The van der Waals surface area contributed by atoms with Crippen LogP contribution in [0.15, 0.2) is 65.5 Å². The molecule has 3 rings (SSSR count). The van der Waals surface area contributed by atoms with Crippen molar-refractivity contribution in [1.82, 2.24) is 4.57 Å². The van der Waals surface area contributed by atoms with Gasteiger partial charge in [-0.1, -0.05) is 12.1 Å². The molecule has 0 saturated carbocycles. The number of nitrogens with one attached hydrogen (secondary N) is 2. The third kappa shape index (κ3) is 5.60. The highest BCUT2D eigenvalue weighted by molar-refractivity contribution is 6.05. The van der Waals surface area contributed by atoms with Crippen LogP contribution in [0, 0.1) is 13.8 Å². The Labute approximate surface area is 180 Å². The maximum Gasteiger partial charge on any atom is 0.255 e. The number of rotatable bonds is 7. The molecule has 31 heavy (non-hydrogen) atoms. The van der Waals surface area contributed by atoms with Crippen LogP contribution in [-0.4, -0.2) is 23.5 Å². The maximum atomic E-state index is 12.6. The number of carbonyl (C=O) groups is 2. The molecule has 2 aromatic carbocycles. The van der Waals surface area contributed by atoms with E-state index in [0.29, 0.717) is 22.7 Å². The van der Waals surface area contributed by atoms with E-state index in [1.54, 1.807) is 60.2 Å². The van der Waals surface area contributed by atoms with Gasteiger partial charge in [0.15, 0.2) is 0 Å². The van der Waals surface area contributed by atoms with Crippen molar-refractivity contribution in [1.29, 1.82) is 0 Å². The summed E-state index contributed by atoms with van der Waals surface area (Å²) in [5, 5.41) is 5.67. The summed E-state index contributed by atoms with van der Waals surface area (Å²) in [5.74, 6) is 0.185. The highest BCUT2D eigenvalue weighted by Crippen LogP contribution is 2.20. The Bertz CT molecular complexity index is 1150. The fourth-order valence-corrected chi connectivity index (χ4v) is 3.11. The number of anilines is 2. The monoisotopic (exact) mass is 419 g/mol. The van der Waals surface area contributed by atoms with Gasteiger partial charge in [0, 0.05) is 41.7 Å². The number of amides is 2. The summed E-state index contributed by atoms with van der Waals surface area (Å²) >= 11 is 0. The van der Waals surface area contributed by atoms with Gasteiger partial charge in [0.1, 0.15) is 5.75 Å². The van der Waals surface area contributed by atoms with Gasteiger partial charge in [0.2, 0.25) is 5.91 Å². The molecule has 0 aliphatic heterocycles. The van der Waals surface area contributed by atoms with Crippen LogP contribution < -0.4 is 20.9 Å². The molecule has 0 aliphatic rings. The van der Waals surface area contributed by atoms with Crippen LogP contribution in [0.2, 0.25) is 0 Å². The largest absolute Gasteiger partial charge is 0.497 e. The lowest BCUT2D eigenvalue weighted by Crippen LogP contribution is -2.24. The maximum absolute atomic E-state index is 12.6. The summed E-state index contributed by atoms with van der Waals surface area (Å²) in [5.41, 5.74) is 3.12. The van der Waals surface area contributed by atoms with Gasteiger partial charge < -0.3 is 19.9 Å². The predicted octanol–water partition coefficient (Wildman–Crippen LogP) is 3.75. The summed E-state index contributed by atoms with van der Waals surface area (Å²) in [6.07, 6.45) is 0.145. The van der Waals surface area contributed by atoms with Crippen molar-refractivity contribution in [2.45, 2.75) is 26.8 Å². The second-order valence-electron chi connectivity index (χ2n) is 7.17. The minimum absolute atomic E-state index is 0.138. The first-order valence-electron chi connectivity index (χ1n) is 9.90. The van der Waals surface area contributed by atoms with E-state index >= 15 is 0 Å². The van der Waals surface area contributed by atoms with E-state index in [0.717, 1.165) is 11.3 Å². The number of hydrogen-bond acceptors (Lipinski definition) is 4. The van der Waals surface area contributed by atoms with Crippen LogP contribution in [0.1, 0.15) is 28.0 Å². The van der Waals surface area contributed by atoms with Crippen LogP contribution in [0.3, 0.4) is 0 Å². The lowest BCUT2D eigenvalue weighted by molar-refractivity contribution is -0.116. The number of hydrogen-bond donors (Lipinski definition) is 2. The van der Waals surface area contributed by atoms with Gasteiger partial charge in [-0.05, 0) is 61.9 Å². The molecule has 7 nitrogen and oxygen atoms in total. The molecule has 3 aromatic rings. The van der Waals surface area contributed by atoms with Crippen molar-refractivity contribution < 1.29 is 14.3 Å². The molecule has 1 aromatic heterocycles. The van der Waals surface area contributed by atoms with Crippen LogP contribution in [0.4, 0.5) is 11.4 Å². The van der Waals surface area contributed by atoms with Crippen molar-refractivity contribution in [2.75, 3.05) is 17.7 Å². The van der Waals surface area contributed by atoms with Gasteiger partial charge in [0.25, 0.3) is 11.5 Å². The van der Waals surface area contributed by atoms with Gasteiger partial charge in [-0.15, -0.1) is 0 Å². The SMILES string of the molecule is COc1ccc(NC(=O)c2ccc(C)c(NC(=O)CCn3c(C)cccc3=O)c2)cc1. The Morgan fingerprint density at radius 2 is 1.71 bits per heavy atom. The first-order chi connectivity index (χ1) is 14.9. The van der Waals surface area contributed by atoms with E-state index in [9.17, 15) is 14.4 Å². The molecule has 0 atom stereocenters. The van der Waals surface area contributed by atoms with Crippen LogP contribution in [-0.2, 0) is 11.3 Å². The summed E-state index contributed by atoms with van der Waals surface area (Å²) in [6.45, 7) is 3.97.